The molecule has 1 fully saturated rings. The number of nitrogens with one attached hydrogen (secondary N) is 2. The van der Waals surface area contributed by atoms with E-state index in [9.17, 15) is 9.59 Å². The van der Waals surface area contributed by atoms with Crippen molar-refractivity contribution in [2.24, 2.45) is 11.8 Å². The molecular weight excluding hydrogens is 302 g/mol. The van der Waals surface area contributed by atoms with Gasteiger partial charge in [0.2, 0.25) is 11.8 Å². The van der Waals surface area contributed by atoms with Crippen LogP contribution in [-0.4, -0.2) is 16.8 Å². The van der Waals surface area contributed by atoms with Crippen molar-refractivity contribution < 1.29 is 9.59 Å². The van der Waals surface area contributed by atoms with Crippen LogP contribution in [0, 0.1) is 11.8 Å². The smallest absolute Gasteiger partial charge is 0.224 e. The Kier molecular flexibility index (Phi) is 4.89. The molecule has 3 unspecified atom stereocenters. The summed E-state index contributed by atoms with van der Waals surface area (Å²) in [5, 5.41) is 5.87. The molecule has 2 aromatic rings. The minimum absolute atomic E-state index is 0.0459. The average Bonchev–Trinajstić information content (AvgIpc) is 3.42. The van der Waals surface area contributed by atoms with Gasteiger partial charge < -0.3 is 10.6 Å². The number of nitrogens with zero attached hydrogens (tertiary/aromatic N) is 1. The van der Waals surface area contributed by atoms with Gasteiger partial charge in [-0.2, -0.15) is 0 Å². The van der Waals surface area contributed by atoms with Gasteiger partial charge in [-0.25, -0.2) is 0 Å². The van der Waals surface area contributed by atoms with Gasteiger partial charge >= 0.3 is 0 Å². The molecule has 3 rings (SSSR count). The molecule has 1 aromatic carbocycles. The minimum Gasteiger partial charge on any atom is -0.352 e. The van der Waals surface area contributed by atoms with Gasteiger partial charge in [-0.15, -0.1) is 0 Å². The largest absolute Gasteiger partial charge is 0.352 e. The van der Waals surface area contributed by atoms with Gasteiger partial charge in [0, 0.05) is 18.9 Å². The Hall–Kier alpha value is -2.69. The van der Waals surface area contributed by atoms with Gasteiger partial charge in [0.1, 0.15) is 0 Å². The molecule has 0 saturated heterocycles. The molecule has 2 amide bonds. The van der Waals surface area contributed by atoms with Crippen molar-refractivity contribution in [2.75, 3.05) is 0 Å². The van der Waals surface area contributed by atoms with E-state index in [2.05, 4.69) is 15.6 Å². The summed E-state index contributed by atoms with van der Waals surface area (Å²) >= 11 is 0. The monoisotopic (exact) mass is 323 g/mol. The van der Waals surface area contributed by atoms with Crippen molar-refractivity contribution >= 4 is 11.8 Å². The molecule has 3 atom stereocenters. The van der Waals surface area contributed by atoms with Gasteiger partial charge in [0.25, 0.3) is 0 Å². The molecule has 0 bridgehead atoms. The molecule has 0 radical (unpaired) electrons. The number of carbonyl (C=O) groups is 2. The lowest BCUT2D eigenvalue weighted by Gasteiger charge is -2.14. The molecule has 1 saturated carbocycles. The topological polar surface area (TPSA) is 71.1 Å². The Morgan fingerprint density at radius 1 is 1.08 bits per heavy atom. The molecule has 1 aliphatic rings. The molecule has 24 heavy (non-hydrogen) atoms. The van der Waals surface area contributed by atoms with Crippen molar-refractivity contribution in [1.29, 1.82) is 0 Å². The predicted octanol–water partition coefficient (Wildman–Crippen LogP) is 2.21. The van der Waals surface area contributed by atoms with E-state index < -0.39 is 0 Å². The second-order valence-electron chi connectivity index (χ2n) is 6.16. The highest BCUT2D eigenvalue weighted by molar-refractivity contribution is 5.92. The fraction of sp³-hybridized carbons (Fsp3) is 0.316. The maximum atomic E-state index is 12.3. The van der Waals surface area contributed by atoms with Gasteiger partial charge in [-0.05, 0) is 36.6 Å². The normalized spacial score (nSPS) is 20.0. The van der Waals surface area contributed by atoms with Crippen LogP contribution in [0.15, 0.2) is 54.9 Å². The summed E-state index contributed by atoms with van der Waals surface area (Å²) in [5.74, 6) is -0.529. The van der Waals surface area contributed by atoms with Gasteiger partial charge in [0.05, 0.1) is 17.9 Å². The maximum absolute atomic E-state index is 12.3. The van der Waals surface area contributed by atoms with Crippen LogP contribution in [0.2, 0.25) is 0 Å². The molecule has 1 aromatic heterocycles. The molecule has 2 N–H and O–H groups in total. The molecule has 1 aliphatic carbocycles. The van der Waals surface area contributed by atoms with E-state index in [1.165, 1.54) is 0 Å². The van der Waals surface area contributed by atoms with Gasteiger partial charge in [0.15, 0.2) is 0 Å². The molecule has 124 valence electrons. The van der Waals surface area contributed by atoms with Gasteiger partial charge in [-0.3, -0.25) is 14.6 Å². The van der Waals surface area contributed by atoms with Crippen LogP contribution in [0.25, 0.3) is 0 Å². The van der Waals surface area contributed by atoms with E-state index in [1.54, 1.807) is 12.4 Å². The molecular formula is C19H21N3O2. The van der Waals surface area contributed by atoms with E-state index in [-0.39, 0.29) is 29.7 Å². The second-order valence-corrected chi connectivity index (χ2v) is 6.16. The first-order chi connectivity index (χ1) is 11.6. The summed E-state index contributed by atoms with van der Waals surface area (Å²) in [5.41, 5.74) is 2.06. The van der Waals surface area contributed by atoms with E-state index >= 15 is 0 Å². The highest BCUT2D eigenvalue weighted by Gasteiger charge is 2.48. The summed E-state index contributed by atoms with van der Waals surface area (Å²) in [6.45, 7) is 2.42. The number of benzene rings is 1. The van der Waals surface area contributed by atoms with E-state index in [0.29, 0.717) is 13.0 Å². The van der Waals surface area contributed by atoms with Gasteiger partial charge in [-0.1, -0.05) is 30.3 Å². The number of pyridine rings is 1. The minimum atomic E-state index is -0.214. The van der Waals surface area contributed by atoms with E-state index in [4.69, 9.17) is 0 Å². The third kappa shape index (κ3) is 3.98. The van der Waals surface area contributed by atoms with Crippen molar-refractivity contribution in [3.8, 4) is 0 Å². The lowest BCUT2D eigenvalue weighted by atomic mass is 10.1. The Morgan fingerprint density at radius 2 is 1.75 bits per heavy atom. The predicted molar refractivity (Wildman–Crippen MR) is 90.7 cm³/mol. The highest BCUT2D eigenvalue weighted by atomic mass is 16.2. The van der Waals surface area contributed by atoms with E-state index in [1.807, 2.05) is 49.4 Å². The van der Waals surface area contributed by atoms with Crippen molar-refractivity contribution in [3.63, 3.8) is 0 Å². The maximum Gasteiger partial charge on any atom is 0.224 e. The molecule has 0 spiro atoms. The standard InChI is InChI=1S/C19H21N3O2/c1-13(15-5-3-2-4-6-15)22-19(24)17-11-16(17)18(23)21-12-14-7-9-20-10-8-14/h2-10,13,16-17H,11-12H2,1H3,(H,21,23)(H,22,24). The first-order valence-corrected chi connectivity index (χ1v) is 8.17. The Morgan fingerprint density at radius 3 is 2.46 bits per heavy atom. The van der Waals surface area contributed by atoms with Crippen molar-refractivity contribution in [3.05, 3.63) is 66.0 Å². The number of hydrogen-bond donors (Lipinski definition) is 2. The average molecular weight is 323 g/mol. The van der Waals surface area contributed by atoms with Crippen LogP contribution in [0.4, 0.5) is 0 Å². The fourth-order valence-corrected chi connectivity index (χ4v) is 2.74. The van der Waals surface area contributed by atoms with Crippen molar-refractivity contribution in [2.45, 2.75) is 25.9 Å². The zero-order valence-electron chi connectivity index (χ0n) is 13.6. The third-order valence-corrected chi connectivity index (χ3v) is 4.34. The number of carbonyl (C=O) groups excluding carboxylic acids is 2. The molecule has 5 nitrogen and oxygen atoms in total. The summed E-state index contributed by atoms with van der Waals surface area (Å²) in [4.78, 5) is 28.4. The summed E-state index contributed by atoms with van der Waals surface area (Å²) < 4.78 is 0. The Labute approximate surface area is 141 Å². The van der Waals surface area contributed by atoms with Crippen LogP contribution in [0.5, 0.6) is 0 Å². The highest BCUT2D eigenvalue weighted by Crippen LogP contribution is 2.39. The van der Waals surface area contributed by atoms with Crippen LogP contribution >= 0.6 is 0 Å². The van der Waals surface area contributed by atoms with Crippen LogP contribution < -0.4 is 10.6 Å². The summed E-state index contributed by atoms with van der Waals surface area (Å²) in [6, 6.07) is 13.5. The summed E-state index contributed by atoms with van der Waals surface area (Å²) in [7, 11) is 0. The first kappa shape index (κ1) is 16.2. The molecule has 0 aliphatic heterocycles. The van der Waals surface area contributed by atoms with E-state index in [0.717, 1.165) is 11.1 Å². The number of amides is 2. The summed E-state index contributed by atoms with van der Waals surface area (Å²) in [6.07, 6.45) is 4.01. The molecule has 1 heterocycles. The van der Waals surface area contributed by atoms with Crippen LogP contribution in [0.1, 0.15) is 30.5 Å². The molecule has 5 heteroatoms. The lowest BCUT2D eigenvalue weighted by Crippen LogP contribution is -2.31. The second kappa shape index (κ2) is 7.25. The Balaban J connectivity index is 1.46. The number of rotatable bonds is 6. The zero-order chi connectivity index (χ0) is 16.9. The first-order valence-electron chi connectivity index (χ1n) is 8.17. The lowest BCUT2D eigenvalue weighted by molar-refractivity contribution is -0.127. The zero-order valence-corrected chi connectivity index (χ0v) is 13.6. The fourth-order valence-electron chi connectivity index (χ4n) is 2.74. The quantitative estimate of drug-likeness (QED) is 0.856. The van der Waals surface area contributed by atoms with Crippen LogP contribution in [0.3, 0.4) is 0 Å². The third-order valence-electron chi connectivity index (χ3n) is 4.34. The van der Waals surface area contributed by atoms with Crippen LogP contribution in [-0.2, 0) is 16.1 Å². The number of aromatic nitrogens is 1. The Bertz CT molecular complexity index is 703. The van der Waals surface area contributed by atoms with Crippen molar-refractivity contribution in [1.82, 2.24) is 15.6 Å². The number of hydrogen-bond acceptors (Lipinski definition) is 3. The SMILES string of the molecule is CC(NC(=O)C1CC1C(=O)NCc1ccncc1)c1ccccc1.